The van der Waals surface area contributed by atoms with Crippen LogP contribution in [0, 0.1) is 20.8 Å². The van der Waals surface area contributed by atoms with Crippen molar-refractivity contribution in [2.24, 2.45) is 0 Å². The highest BCUT2D eigenvalue weighted by Crippen LogP contribution is 2.20. The van der Waals surface area contributed by atoms with E-state index in [4.69, 9.17) is 0 Å². The van der Waals surface area contributed by atoms with Crippen LogP contribution in [-0.4, -0.2) is 21.6 Å². The summed E-state index contributed by atoms with van der Waals surface area (Å²) in [5.74, 6) is -0.210. The van der Waals surface area contributed by atoms with E-state index < -0.39 is 5.69 Å². The van der Waals surface area contributed by atoms with Crippen LogP contribution in [0.3, 0.4) is 0 Å². The van der Waals surface area contributed by atoms with Gasteiger partial charge in [0.2, 0.25) is 5.91 Å². The van der Waals surface area contributed by atoms with Gasteiger partial charge >= 0.3 is 5.69 Å². The second-order valence-corrected chi connectivity index (χ2v) is 8.81. The van der Waals surface area contributed by atoms with Crippen LogP contribution in [0.2, 0.25) is 0 Å². The summed E-state index contributed by atoms with van der Waals surface area (Å²) in [7, 11) is 0. The lowest BCUT2D eigenvalue weighted by Gasteiger charge is -2.22. The van der Waals surface area contributed by atoms with Gasteiger partial charge in [-0.25, -0.2) is 9.36 Å². The van der Waals surface area contributed by atoms with Gasteiger partial charge in [0.05, 0.1) is 11.2 Å². The molecule has 164 valence electrons. The van der Waals surface area contributed by atoms with Crippen LogP contribution in [0.15, 0.2) is 63.5 Å². The number of aromatic nitrogens is 2. The van der Waals surface area contributed by atoms with Crippen LogP contribution in [0.25, 0.3) is 15.9 Å². The number of hydrogen-bond donors (Lipinski definition) is 0. The Morgan fingerprint density at radius 3 is 2.47 bits per heavy atom. The van der Waals surface area contributed by atoms with Gasteiger partial charge in [-0.15, -0.1) is 11.3 Å². The van der Waals surface area contributed by atoms with E-state index in [9.17, 15) is 14.4 Å². The van der Waals surface area contributed by atoms with Crippen molar-refractivity contribution in [2.75, 3.05) is 11.4 Å². The van der Waals surface area contributed by atoms with E-state index in [0.29, 0.717) is 22.4 Å². The van der Waals surface area contributed by atoms with Crippen molar-refractivity contribution >= 4 is 33.1 Å². The van der Waals surface area contributed by atoms with E-state index in [2.05, 4.69) is 0 Å². The predicted octanol–water partition coefficient (Wildman–Crippen LogP) is 4.19. The Morgan fingerprint density at radius 2 is 1.78 bits per heavy atom. The first-order valence-corrected chi connectivity index (χ1v) is 11.4. The molecule has 4 aromatic rings. The molecule has 0 fully saturated rings. The minimum atomic E-state index is -0.516. The smallest absolute Gasteiger partial charge is 0.311 e. The highest BCUT2D eigenvalue weighted by molar-refractivity contribution is 7.17. The van der Waals surface area contributed by atoms with E-state index in [1.165, 1.54) is 20.5 Å². The highest BCUT2D eigenvalue weighted by Gasteiger charge is 2.21. The van der Waals surface area contributed by atoms with Crippen molar-refractivity contribution in [1.29, 1.82) is 0 Å². The molecule has 2 aromatic carbocycles. The Kier molecular flexibility index (Phi) is 5.84. The predicted molar refractivity (Wildman–Crippen MR) is 130 cm³/mol. The number of thiophene rings is 1. The number of carbonyl (C=O) groups excluding carboxylic acids is 1. The van der Waals surface area contributed by atoms with E-state index in [1.54, 1.807) is 22.4 Å². The number of likely N-dealkylation sites (N-methyl/N-ethyl adjacent to an activating group) is 1. The van der Waals surface area contributed by atoms with Crippen molar-refractivity contribution in [2.45, 2.75) is 34.2 Å². The van der Waals surface area contributed by atoms with Crippen molar-refractivity contribution in [3.63, 3.8) is 0 Å². The number of benzene rings is 2. The van der Waals surface area contributed by atoms with E-state index in [1.807, 2.05) is 64.1 Å². The molecular weight excluding hydrogens is 422 g/mol. The van der Waals surface area contributed by atoms with Gasteiger partial charge in [-0.05, 0) is 80.1 Å². The highest BCUT2D eigenvalue weighted by atomic mass is 32.1. The molecule has 0 N–H and O–H groups in total. The van der Waals surface area contributed by atoms with Crippen LogP contribution in [-0.2, 0) is 11.3 Å². The third-order valence-electron chi connectivity index (χ3n) is 5.73. The maximum Gasteiger partial charge on any atom is 0.336 e. The number of rotatable bonds is 5. The lowest BCUT2D eigenvalue weighted by atomic mass is 10.1. The van der Waals surface area contributed by atoms with Crippen molar-refractivity contribution in [3.05, 3.63) is 91.4 Å². The maximum absolute atomic E-state index is 13.5. The summed E-state index contributed by atoms with van der Waals surface area (Å²) in [5.41, 5.74) is 4.01. The van der Waals surface area contributed by atoms with Gasteiger partial charge in [-0.3, -0.25) is 14.2 Å². The third-order valence-corrected chi connectivity index (χ3v) is 6.62. The zero-order valence-corrected chi connectivity index (χ0v) is 19.4. The lowest BCUT2D eigenvalue weighted by Crippen LogP contribution is -2.42. The van der Waals surface area contributed by atoms with Crippen LogP contribution in [0.4, 0.5) is 5.69 Å². The molecule has 0 spiro atoms. The van der Waals surface area contributed by atoms with Crippen molar-refractivity contribution in [1.82, 2.24) is 9.13 Å². The van der Waals surface area contributed by atoms with Crippen molar-refractivity contribution < 1.29 is 4.79 Å². The maximum atomic E-state index is 13.5. The Balaban J connectivity index is 1.85. The first kappa shape index (κ1) is 21.8. The first-order valence-electron chi connectivity index (χ1n) is 10.5. The van der Waals surface area contributed by atoms with E-state index in [0.717, 1.165) is 22.4 Å². The molecule has 4 rings (SSSR count). The Morgan fingerprint density at radius 1 is 1.00 bits per heavy atom. The average Bonchev–Trinajstić information content (AvgIpc) is 3.24. The Bertz CT molecular complexity index is 1450. The molecule has 0 aliphatic carbocycles. The van der Waals surface area contributed by atoms with Crippen molar-refractivity contribution in [3.8, 4) is 5.69 Å². The fourth-order valence-electron chi connectivity index (χ4n) is 3.85. The third kappa shape index (κ3) is 3.80. The number of anilines is 1. The molecule has 0 aliphatic heterocycles. The van der Waals surface area contributed by atoms with Gasteiger partial charge in [-0.1, -0.05) is 18.2 Å². The minimum Gasteiger partial charge on any atom is -0.311 e. The van der Waals surface area contributed by atoms with Gasteiger partial charge in [0.25, 0.3) is 5.56 Å². The number of aryl methyl sites for hydroxylation is 3. The summed E-state index contributed by atoms with van der Waals surface area (Å²) in [6.07, 6.45) is 0. The molecule has 0 atom stereocenters. The molecule has 0 radical (unpaired) electrons. The molecule has 1 amide bonds. The summed E-state index contributed by atoms with van der Waals surface area (Å²) in [6.45, 7) is 8.11. The first-order chi connectivity index (χ1) is 15.3. The Labute approximate surface area is 190 Å². The summed E-state index contributed by atoms with van der Waals surface area (Å²) in [6, 6.07) is 14.9. The Hall–Kier alpha value is -3.45. The van der Waals surface area contributed by atoms with Crippen LogP contribution >= 0.6 is 11.3 Å². The molecule has 0 saturated heterocycles. The van der Waals surface area contributed by atoms with Gasteiger partial charge in [-0.2, -0.15) is 0 Å². The molecule has 2 heterocycles. The summed E-state index contributed by atoms with van der Waals surface area (Å²) >= 11 is 1.27. The topological polar surface area (TPSA) is 64.3 Å². The minimum absolute atomic E-state index is 0.154. The van der Waals surface area contributed by atoms with Gasteiger partial charge < -0.3 is 4.90 Å². The summed E-state index contributed by atoms with van der Waals surface area (Å²) in [5, 5.41) is 1.77. The van der Waals surface area contributed by atoms with Crippen LogP contribution < -0.4 is 16.1 Å². The van der Waals surface area contributed by atoms with Crippen LogP contribution in [0.5, 0.6) is 0 Å². The SMILES string of the molecule is CCN(C(=O)Cn1c(=O)n(-c2ccc(C)c(C)c2)c(=O)c2sccc21)c1cccc(C)c1. The number of carbonyl (C=O) groups is 1. The lowest BCUT2D eigenvalue weighted by molar-refractivity contribution is -0.119. The van der Waals surface area contributed by atoms with Gasteiger partial charge in [0.1, 0.15) is 11.2 Å². The average molecular weight is 448 g/mol. The second kappa shape index (κ2) is 8.59. The van der Waals surface area contributed by atoms with E-state index >= 15 is 0 Å². The fourth-order valence-corrected chi connectivity index (χ4v) is 4.68. The van der Waals surface area contributed by atoms with Gasteiger partial charge in [0, 0.05) is 12.2 Å². The molecule has 2 aromatic heterocycles. The summed E-state index contributed by atoms with van der Waals surface area (Å²) in [4.78, 5) is 41.6. The number of hydrogen-bond acceptors (Lipinski definition) is 4. The standard InChI is InChI=1S/C25H25N3O3S/c1-5-26(19-8-6-7-16(2)13-19)22(29)15-27-21-11-12-32-23(21)24(30)28(25(27)31)20-10-9-17(3)18(4)14-20/h6-14H,5,15H2,1-4H3. The number of fused-ring (bicyclic) bond motifs is 1. The monoisotopic (exact) mass is 447 g/mol. The molecular formula is C25H25N3O3S. The molecule has 7 heteroatoms. The largest absolute Gasteiger partial charge is 0.336 e. The molecule has 32 heavy (non-hydrogen) atoms. The zero-order valence-electron chi connectivity index (χ0n) is 18.6. The second-order valence-electron chi connectivity index (χ2n) is 7.89. The number of nitrogens with zero attached hydrogens (tertiary/aromatic N) is 3. The molecule has 0 saturated carbocycles. The normalized spacial score (nSPS) is 11.1. The molecule has 0 bridgehead atoms. The van der Waals surface area contributed by atoms with E-state index in [-0.39, 0.29) is 18.0 Å². The summed E-state index contributed by atoms with van der Waals surface area (Å²) < 4.78 is 3.03. The van der Waals surface area contributed by atoms with Gasteiger partial charge in [0.15, 0.2) is 0 Å². The molecule has 0 unspecified atom stereocenters. The zero-order chi connectivity index (χ0) is 23.0. The quantitative estimate of drug-likeness (QED) is 0.461. The molecule has 0 aliphatic rings. The fraction of sp³-hybridized carbons (Fsp3) is 0.240. The molecule has 6 nitrogen and oxygen atoms in total. The number of amides is 1. The van der Waals surface area contributed by atoms with Crippen LogP contribution in [0.1, 0.15) is 23.6 Å².